The van der Waals surface area contributed by atoms with Crippen molar-refractivity contribution in [2.24, 2.45) is 5.73 Å². The first-order chi connectivity index (χ1) is 17.2. The summed E-state index contributed by atoms with van der Waals surface area (Å²) < 4.78 is 1.47. The van der Waals surface area contributed by atoms with Crippen molar-refractivity contribution in [2.45, 2.75) is 109 Å². The molecule has 200 valence electrons. The van der Waals surface area contributed by atoms with Crippen LogP contribution < -0.4 is 11.1 Å². The molecule has 1 fully saturated rings. The maximum atomic E-state index is 12.5. The molecule has 1 aliphatic rings. The van der Waals surface area contributed by atoms with E-state index < -0.39 is 6.04 Å². The Kier molecular flexibility index (Phi) is 15.3. The van der Waals surface area contributed by atoms with Gasteiger partial charge in [-0.25, -0.2) is 4.68 Å². The van der Waals surface area contributed by atoms with Gasteiger partial charge in [0.15, 0.2) is 6.04 Å². The second-order valence-electron chi connectivity index (χ2n) is 9.80. The molecule has 9 heteroatoms. The number of carbonyl (C=O) groups is 2. The zero-order valence-corrected chi connectivity index (χ0v) is 21.6. The van der Waals surface area contributed by atoms with Gasteiger partial charge in [-0.1, -0.05) is 50.2 Å². The summed E-state index contributed by atoms with van der Waals surface area (Å²) >= 11 is 0. The molecule has 2 heterocycles. The summed E-state index contributed by atoms with van der Waals surface area (Å²) in [7, 11) is 0. The minimum atomic E-state index is -0.734. The minimum absolute atomic E-state index is 0.216. The number of hydrogen-bond acceptors (Lipinski definition) is 6. The summed E-state index contributed by atoms with van der Waals surface area (Å²) in [6.45, 7) is 2.91. The number of aliphatic hydroxyl groups excluding tert-OH is 1. The number of rotatable bonds is 19. The van der Waals surface area contributed by atoms with E-state index in [-0.39, 0.29) is 12.5 Å². The van der Waals surface area contributed by atoms with E-state index in [0.29, 0.717) is 25.4 Å². The lowest BCUT2D eigenvalue weighted by Crippen LogP contribution is -2.35. The third-order valence-corrected chi connectivity index (χ3v) is 6.82. The van der Waals surface area contributed by atoms with Gasteiger partial charge in [0.1, 0.15) is 0 Å². The van der Waals surface area contributed by atoms with Crippen molar-refractivity contribution in [1.82, 2.24) is 25.2 Å². The van der Waals surface area contributed by atoms with Gasteiger partial charge in [0, 0.05) is 32.3 Å². The number of unbranched alkanes of at least 4 members (excludes halogenated alkanes) is 9. The van der Waals surface area contributed by atoms with Gasteiger partial charge in [-0.15, -0.1) is 5.10 Å². The number of aliphatic hydroxyl groups is 1. The second kappa shape index (κ2) is 18.3. The Morgan fingerprint density at radius 3 is 2.29 bits per heavy atom. The van der Waals surface area contributed by atoms with E-state index in [1.165, 1.54) is 30.4 Å². The van der Waals surface area contributed by atoms with Crippen LogP contribution in [0.1, 0.15) is 108 Å². The largest absolute Gasteiger partial charge is 0.394 e. The van der Waals surface area contributed by atoms with E-state index in [4.69, 9.17) is 5.73 Å². The van der Waals surface area contributed by atoms with Gasteiger partial charge in [-0.3, -0.25) is 9.59 Å². The van der Waals surface area contributed by atoms with Crippen LogP contribution in [0.2, 0.25) is 0 Å². The van der Waals surface area contributed by atoms with Crippen molar-refractivity contribution in [3.05, 3.63) is 11.9 Å². The summed E-state index contributed by atoms with van der Waals surface area (Å²) in [5.74, 6) is 0.129. The van der Waals surface area contributed by atoms with Crippen molar-refractivity contribution in [3.8, 4) is 0 Å². The molecule has 1 aromatic rings. The van der Waals surface area contributed by atoms with Crippen molar-refractivity contribution in [3.63, 3.8) is 0 Å². The fraction of sp³-hybridized carbons (Fsp3) is 0.846. The average Bonchev–Trinajstić information content (AvgIpc) is 3.34. The first kappa shape index (κ1) is 29.2. The zero-order chi connectivity index (χ0) is 25.1. The SMILES string of the molecule is NCCCCCc1cn([C@@H](CO)C(=O)NCCCCCCCCCCC(=O)N2CCCCC2)nn1. The molecule has 9 nitrogen and oxygen atoms in total. The molecule has 0 aliphatic carbocycles. The van der Waals surface area contributed by atoms with E-state index in [9.17, 15) is 14.7 Å². The lowest BCUT2D eigenvalue weighted by Gasteiger charge is -2.26. The maximum absolute atomic E-state index is 12.5. The van der Waals surface area contributed by atoms with Gasteiger partial charge in [-0.2, -0.15) is 0 Å². The summed E-state index contributed by atoms with van der Waals surface area (Å²) in [4.78, 5) is 26.7. The number of hydrogen-bond donors (Lipinski definition) is 3. The molecule has 1 aliphatic heterocycles. The van der Waals surface area contributed by atoms with Crippen LogP contribution in [0, 0.1) is 0 Å². The van der Waals surface area contributed by atoms with Crippen LogP contribution in [0.25, 0.3) is 0 Å². The highest BCUT2D eigenvalue weighted by molar-refractivity contribution is 5.80. The van der Waals surface area contributed by atoms with Crippen molar-refractivity contribution < 1.29 is 14.7 Å². The third kappa shape index (κ3) is 12.0. The molecule has 0 bridgehead atoms. The van der Waals surface area contributed by atoms with E-state index in [2.05, 4.69) is 15.6 Å². The van der Waals surface area contributed by atoms with E-state index in [0.717, 1.165) is 89.4 Å². The molecule has 1 aromatic heterocycles. The van der Waals surface area contributed by atoms with Gasteiger partial charge >= 0.3 is 0 Å². The Bertz CT molecular complexity index is 705. The predicted octanol–water partition coefficient (Wildman–Crippen LogP) is 3.12. The van der Waals surface area contributed by atoms with Crippen molar-refractivity contribution >= 4 is 11.8 Å². The average molecular weight is 493 g/mol. The number of nitrogens with two attached hydrogens (primary N) is 1. The van der Waals surface area contributed by atoms with Crippen LogP contribution in [0.5, 0.6) is 0 Å². The first-order valence-corrected chi connectivity index (χ1v) is 13.9. The van der Waals surface area contributed by atoms with E-state index in [1.807, 2.05) is 4.90 Å². The number of aromatic nitrogens is 3. The van der Waals surface area contributed by atoms with Crippen LogP contribution in [0.4, 0.5) is 0 Å². The topological polar surface area (TPSA) is 126 Å². The molecule has 0 radical (unpaired) electrons. The Morgan fingerprint density at radius 1 is 0.943 bits per heavy atom. The number of carbonyl (C=O) groups excluding carboxylic acids is 2. The number of piperidine rings is 1. The molecular formula is C26H48N6O3. The monoisotopic (exact) mass is 492 g/mol. The van der Waals surface area contributed by atoms with Gasteiger partial charge in [-0.05, 0) is 57.9 Å². The molecule has 35 heavy (non-hydrogen) atoms. The van der Waals surface area contributed by atoms with Crippen LogP contribution in [0.3, 0.4) is 0 Å². The summed E-state index contributed by atoms with van der Waals surface area (Å²) in [5.41, 5.74) is 6.35. The first-order valence-electron chi connectivity index (χ1n) is 13.9. The normalized spacial score (nSPS) is 14.7. The van der Waals surface area contributed by atoms with Crippen LogP contribution in [-0.4, -0.2) is 69.6 Å². The van der Waals surface area contributed by atoms with Gasteiger partial charge in [0.05, 0.1) is 12.3 Å². The summed E-state index contributed by atoms with van der Waals surface area (Å²) in [5, 5.41) is 20.8. The number of aryl methyl sites for hydroxylation is 1. The Hall–Kier alpha value is -2.00. The molecule has 0 unspecified atom stereocenters. The molecule has 0 spiro atoms. The zero-order valence-electron chi connectivity index (χ0n) is 21.6. The fourth-order valence-electron chi connectivity index (χ4n) is 4.59. The number of nitrogens with zero attached hydrogens (tertiary/aromatic N) is 4. The molecule has 0 aromatic carbocycles. The maximum Gasteiger partial charge on any atom is 0.247 e. The number of amides is 2. The Morgan fingerprint density at radius 2 is 1.60 bits per heavy atom. The predicted molar refractivity (Wildman–Crippen MR) is 138 cm³/mol. The molecule has 1 atom stereocenters. The van der Waals surface area contributed by atoms with Gasteiger partial charge < -0.3 is 21.1 Å². The lowest BCUT2D eigenvalue weighted by molar-refractivity contribution is -0.132. The molecule has 0 saturated carbocycles. The summed E-state index contributed by atoms with van der Waals surface area (Å²) in [6, 6.07) is -0.734. The smallest absolute Gasteiger partial charge is 0.247 e. The fourth-order valence-corrected chi connectivity index (χ4v) is 4.59. The molecule has 1 saturated heterocycles. The van der Waals surface area contributed by atoms with Crippen molar-refractivity contribution in [2.75, 3.05) is 32.8 Å². The van der Waals surface area contributed by atoms with Crippen LogP contribution in [0.15, 0.2) is 6.20 Å². The summed E-state index contributed by atoms with van der Waals surface area (Å²) in [6.07, 6.45) is 18.8. The molecular weight excluding hydrogens is 444 g/mol. The molecule has 2 rings (SSSR count). The van der Waals surface area contributed by atoms with Gasteiger partial charge in [0.2, 0.25) is 11.8 Å². The van der Waals surface area contributed by atoms with E-state index >= 15 is 0 Å². The lowest BCUT2D eigenvalue weighted by atomic mass is 10.1. The number of likely N-dealkylation sites (tertiary alicyclic amines) is 1. The van der Waals surface area contributed by atoms with Crippen molar-refractivity contribution in [1.29, 1.82) is 0 Å². The highest BCUT2D eigenvalue weighted by atomic mass is 16.3. The molecule has 2 amide bonds. The number of nitrogens with one attached hydrogen (secondary N) is 1. The second-order valence-corrected chi connectivity index (χ2v) is 9.80. The van der Waals surface area contributed by atoms with Gasteiger partial charge in [0.25, 0.3) is 0 Å². The van der Waals surface area contributed by atoms with E-state index in [1.54, 1.807) is 6.20 Å². The third-order valence-electron chi connectivity index (χ3n) is 6.82. The quantitative estimate of drug-likeness (QED) is 0.255. The Labute approximate surface area is 211 Å². The van der Waals surface area contributed by atoms with Crippen LogP contribution in [-0.2, 0) is 16.0 Å². The minimum Gasteiger partial charge on any atom is -0.394 e. The highest BCUT2D eigenvalue weighted by Gasteiger charge is 2.21. The Balaban J connectivity index is 1.46. The van der Waals surface area contributed by atoms with Crippen LogP contribution >= 0.6 is 0 Å². The highest BCUT2D eigenvalue weighted by Crippen LogP contribution is 2.14. The molecule has 4 N–H and O–H groups in total. The standard InChI is InChI=1S/C26H48N6O3/c27-17-11-7-9-15-23-21-32(30-29-23)24(22-33)26(35)28-18-12-6-4-2-1-3-5-10-16-25(34)31-19-13-8-14-20-31/h21,24,33H,1-20,22,27H2,(H,28,35)/t24-/m0/s1.